The minimum atomic E-state index is -3.65. The van der Waals surface area contributed by atoms with Gasteiger partial charge in [-0.05, 0) is 23.8 Å². The van der Waals surface area contributed by atoms with Gasteiger partial charge in [-0.25, -0.2) is 13.9 Å². The number of carbonyl (C=O) groups is 1. The smallest absolute Gasteiger partial charge is 0.267 e. The Balaban J connectivity index is 2.13. The van der Waals surface area contributed by atoms with Gasteiger partial charge in [-0.15, -0.1) is 0 Å². The van der Waals surface area contributed by atoms with Crippen LogP contribution >= 0.6 is 0 Å². The summed E-state index contributed by atoms with van der Waals surface area (Å²) in [4.78, 5) is 14.5. The Hall–Kier alpha value is -2.90. The fourth-order valence-electron chi connectivity index (χ4n) is 2.44. The first-order chi connectivity index (χ1) is 11.5. The Morgan fingerprint density at radius 1 is 1.08 bits per heavy atom. The number of para-hydroxylation sites is 1. The van der Waals surface area contributed by atoms with Crippen molar-refractivity contribution in [3.63, 3.8) is 0 Å². The van der Waals surface area contributed by atoms with Gasteiger partial charge < -0.3 is 4.98 Å². The zero-order valence-electron chi connectivity index (χ0n) is 12.4. The fourth-order valence-corrected chi connectivity index (χ4v) is 3.89. The lowest BCUT2D eigenvalue weighted by atomic mass is 10.1. The minimum absolute atomic E-state index is 0.172. The number of nitrogens with one attached hydrogen (secondary N) is 2. The highest BCUT2D eigenvalue weighted by atomic mass is 32.2. The molecule has 122 valence electrons. The van der Waals surface area contributed by atoms with Gasteiger partial charge in [0.25, 0.3) is 5.91 Å². The second-order valence-electron chi connectivity index (χ2n) is 5.05. The van der Waals surface area contributed by atoms with Crippen molar-refractivity contribution in [2.75, 3.05) is 0 Å². The normalized spacial score (nSPS) is 11.9. The average molecular weight is 342 g/mol. The summed E-state index contributed by atoms with van der Waals surface area (Å²) in [5.74, 6) is -0.671. The maximum Gasteiger partial charge on any atom is 0.267 e. The number of rotatable bonds is 4. The van der Waals surface area contributed by atoms with Crippen LogP contribution in [0.5, 0.6) is 0 Å². The summed E-state index contributed by atoms with van der Waals surface area (Å²) in [6.45, 7) is 0. The summed E-state index contributed by atoms with van der Waals surface area (Å²) in [6, 6.07) is 13.3. The molecule has 0 atom stereocenters. The standard InChI is InChI=1S/C17H14N2O4S/c20-16(19-21)10-9-12-5-4-8-14-15(11-18-17(12)14)24(22,23)13-6-2-1-3-7-13/h1-11,18,21H,(H,19,20)/b10-9-. The number of sulfone groups is 1. The van der Waals surface area contributed by atoms with Gasteiger partial charge >= 0.3 is 0 Å². The molecule has 2 aromatic carbocycles. The van der Waals surface area contributed by atoms with Crippen molar-refractivity contribution in [3.05, 3.63) is 66.4 Å². The molecule has 7 heteroatoms. The van der Waals surface area contributed by atoms with Crippen molar-refractivity contribution in [2.24, 2.45) is 0 Å². The van der Waals surface area contributed by atoms with Gasteiger partial charge in [0.05, 0.1) is 15.3 Å². The number of hydrogen-bond acceptors (Lipinski definition) is 4. The van der Waals surface area contributed by atoms with Crippen LogP contribution in [0.15, 0.2) is 70.6 Å². The number of fused-ring (bicyclic) bond motifs is 1. The van der Waals surface area contributed by atoms with Crippen molar-refractivity contribution >= 4 is 32.7 Å². The van der Waals surface area contributed by atoms with Crippen LogP contribution in [0.3, 0.4) is 0 Å². The SMILES string of the molecule is O=C(/C=C\c1cccc2c(S(=O)(=O)c3ccccc3)c[nH]c12)NO. The number of H-pyrrole nitrogens is 1. The topological polar surface area (TPSA) is 99.3 Å². The van der Waals surface area contributed by atoms with Crippen molar-refractivity contribution in [1.29, 1.82) is 0 Å². The quantitative estimate of drug-likeness (QED) is 0.385. The zero-order chi connectivity index (χ0) is 17.2. The summed E-state index contributed by atoms with van der Waals surface area (Å²) in [5, 5.41) is 9.06. The Morgan fingerprint density at radius 2 is 1.83 bits per heavy atom. The minimum Gasteiger partial charge on any atom is -0.359 e. The Labute approximate surface area is 138 Å². The van der Waals surface area contributed by atoms with Crippen LogP contribution in [0.4, 0.5) is 0 Å². The molecular formula is C17H14N2O4S. The van der Waals surface area contributed by atoms with E-state index in [1.165, 1.54) is 17.8 Å². The first-order valence-electron chi connectivity index (χ1n) is 7.06. The Bertz CT molecular complexity index is 1020. The van der Waals surface area contributed by atoms with Gasteiger partial charge in [-0.3, -0.25) is 10.0 Å². The summed E-state index contributed by atoms with van der Waals surface area (Å²) in [7, 11) is -3.65. The van der Waals surface area contributed by atoms with E-state index in [0.717, 1.165) is 6.08 Å². The van der Waals surface area contributed by atoms with Crippen LogP contribution in [-0.2, 0) is 14.6 Å². The van der Waals surface area contributed by atoms with E-state index in [4.69, 9.17) is 5.21 Å². The first kappa shape index (κ1) is 16.0. The highest BCUT2D eigenvalue weighted by Gasteiger charge is 2.21. The van der Waals surface area contributed by atoms with E-state index in [1.807, 2.05) is 0 Å². The third-order valence-electron chi connectivity index (χ3n) is 3.58. The van der Waals surface area contributed by atoms with Crippen LogP contribution < -0.4 is 5.48 Å². The molecule has 1 amide bonds. The lowest BCUT2D eigenvalue weighted by molar-refractivity contribution is -0.124. The van der Waals surface area contributed by atoms with Gasteiger partial charge in [-0.2, -0.15) is 0 Å². The van der Waals surface area contributed by atoms with Crippen LogP contribution in [0.1, 0.15) is 5.56 Å². The van der Waals surface area contributed by atoms with E-state index in [2.05, 4.69) is 4.98 Å². The van der Waals surface area contributed by atoms with Gasteiger partial charge in [0.1, 0.15) is 0 Å². The second kappa shape index (κ2) is 6.31. The molecule has 24 heavy (non-hydrogen) atoms. The van der Waals surface area contributed by atoms with E-state index < -0.39 is 15.7 Å². The van der Waals surface area contributed by atoms with Crippen LogP contribution in [0.2, 0.25) is 0 Å². The van der Waals surface area contributed by atoms with E-state index in [1.54, 1.807) is 48.5 Å². The highest BCUT2D eigenvalue weighted by molar-refractivity contribution is 7.91. The molecule has 3 rings (SSSR count). The molecule has 1 aromatic heterocycles. The number of hydroxylamine groups is 1. The Morgan fingerprint density at radius 3 is 2.54 bits per heavy atom. The van der Waals surface area contributed by atoms with Gasteiger partial charge in [0, 0.05) is 17.7 Å². The monoisotopic (exact) mass is 342 g/mol. The molecule has 0 radical (unpaired) electrons. The molecular weight excluding hydrogens is 328 g/mol. The summed E-state index contributed by atoms with van der Waals surface area (Å²) < 4.78 is 25.6. The number of benzene rings is 2. The molecule has 3 N–H and O–H groups in total. The molecule has 0 saturated carbocycles. The lowest BCUT2D eigenvalue weighted by Gasteiger charge is -2.03. The summed E-state index contributed by atoms with van der Waals surface area (Å²) >= 11 is 0. The second-order valence-corrected chi connectivity index (χ2v) is 6.97. The molecule has 0 aliphatic heterocycles. The van der Waals surface area contributed by atoms with E-state index in [0.29, 0.717) is 16.5 Å². The molecule has 1 heterocycles. The largest absolute Gasteiger partial charge is 0.359 e. The van der Waals surface area contributed by atoms with Crippen LogP contribution in [0.25, 0.3) is 17.0 Å². The van der Waals surface area contributed by atoms with Crippen LogP contribution in [-0.4, -0.2) is 24.5 Å². The van der Waals surface area contributed by atoms with Crippen molar-refractivity contribution in [2.45, 2.75) is 9.79 Å². The molecule has 0 aliphatic carbocycles. The first-order valence-corrected chi connectivity index (χ1v) is 8.55. The number of aromatic amines is 1. The molecule has 6 nitrogen and oxygen atoms in total. The molecule has 0 aliphatic rings. The van der Waals surface area contributed by atoms with E-state index in [9.17, 15) is 13.2 Å². The number of hydrogen-bond donors (Lipinski definition) is 3. The molecule has 0 saturated heterocycles. The third kappa shape index (κ3) is 2.82. The van der Waals surface area contributed by atoms with E-state index in [-0.39, 0.29) is 9.79 Å². The van der Waals surface area contributed by atoms with E-state index >= 15 is 0 Å². The summed E-state index contributed by atoms with van der Waals surface area (Å²) in [6.07, 6.45) is 4.08. The number of aromatic nitrogens is 1. The molecule has 3 aromatic rings. The number of amides is 1. The van der Waals surface area contributed by atoms with Crippen LogP contribution in [0, 0.1) is 0 Å². The average Bonchev–Trinajstić information content (AvgIpc) is 3.05. The Kier molecular flexibility index (Phi) is 4.20. The van der Waals surface area contributed by atoms with Gasteiger partial charge in [0.2, 0.25) is 9.84 Å². The predicted octanol–water partition coefficient (Wildman–Crippen LogP) is 2.52. The summed E-state index contributed by atoms with van der Waals surface area (Å²) in [5.41, 5.74) is 2.72. The molecule has 0 bridgehead atoms. The molecule has 0 fully saturated rings. The van der Waals surface area contributed by atoms with Crippen molar-refractivity contribution < 1.29 is 18.4 Å². The predicted molar refractivity (Wildman–Crippen MR) is 89.2 cm³/mol. The lowest BCUT2D eigenvalue weighted by Crippen LogP contribution is -2.14. The van der Waals surface area contributed by atoms with Crippen molar-refractivity contribution in [3.8, 4) is 0 Å². The third-order valence-corrected chi connectivity index (χ3v) is 5.39. The maximum absolute atomic E-state index is 12.8. The van der Waals surface area contributed by atoms with Gasteiger partial charge in [-0.1, -0.05) is 36.4 Å². The zero-order valence-corrected chi connectivity index (χ0v) is 13.2. The highest BCUT2D eigenvalue weighted by Crippen LogP contribution is 2.30. The molecule has 0 unspecified atom stereocenters. The van der Waals surface area contributed by atoms with Gasteiger partial charge in [0.15, 0.2) is 0 Å². The van der Waals surface area contributed by atoms with Crippen molar-refractivity contribution in [1.82, 2.24) is 10.5 Å². The number of carbonyl (C=O) groups excluding carboxylic acids is 1. The fraction of sp³-hybridized carbons (Fsp3) is 0. The maximum atomic E-state index is 12.8. The molecule has 0 spiro atoms.